The second kappa shape index (κ2) is 5.95. The Labute approximate surface area is 99.6 Å². The number of nitrogens with one attached hydrogen (secondary N) is 2. The quantitative estimate of drug-likeness (QED) is 0.701. The Morgan fingerprint density at radius 2 is 1.88 bits per heavy atom. The average molecular weight is 236 g/mol. The Balaban J connectivity index is 2.54. The van der Waals surface area contributed by atoms with Crippen molar-refractivity contribution in [1.82, 2.24) is 15.6 Å². The fraction of sp³-hybridized carbons (Fsp3) is 0.364. The second-order valence-electron chi connectivity index (χ2n) is 3.74. The van der Waals surface area contributed by atoms with Crippen molar-refractivity contribution in [2.45, 2.75) is 25.9 Å². The molecular formula is C11H16N4O2. The van der Waals surface area contributed by atoms with Gasteiger partial charge in [-0.05, 0) is 31.5 Å². The highest BCUT2D eigenvalue weighted by atomic mass is 16.2. The molecule has 2 atom stereocenters. The summed E-state index contributed by atoms with van der Waals surface area (Å²) in [7, 11) is 0. The monoisotopic (exact) mass is 236 g/mol. The number of carbonyl (C=O) groups excluding carboxylic acids is 2. The second-order valence-corrected chi connectivity index (χ2v) is 3.74. The zero-order valence-electron chi connectivity index (χ0n) is 9.81. The summed E-state index contributed by atoms with van der Waals surface area (Å²) in [5, 5.41) is 5.08. The van der Waals surface area contributed by atoms with Crippen molar-refractivity contribution >= 4 is 11.9 Å². The molecule has 2 unspecified atom stereocenters. The molecular weight excluding hydrogens is 220 g/mol. The van der Waals surface area contributed by atoms with Crippen LogP contribution in [0.5, 0.6) is 0 Å². The lowest BCUT2D eigenvalue weighted by Crippen LogP contribution is -2.47. The largest absolute Gasteiger partial charge is 0.351 e. The first-order chi connectivity index (χ1) is 8.00. The summed E-state index contributed by atoms with van der Waals surface area (Å²) in [5.41, 5.74) is 5.88. The van der Waals surface area contributed by atoms with E-state index in [9.17, 15) is 9.59 Å². The fourth-order valence-corrected chi connectivity index (χ4v) is 1.43. The van der Waals surface area contributed by atoms with Gasteiger partial charge in [-0.3, -0.25) is 20.4 Å². The van der Waals surface area contributed by atoms with Gasteiger partial charge in [0, 0.05) is 18.4 Å². The number of rotatable bonds is 4. The molecule has 0 saturated heterocycles. The zero-order valence-corrected chi connectivity index (χ0v) is 9.81. The summed E-state index contributed by atoms with van der Waals surface area (Å²) < 4.78 is 0. The van der Waals surface area contributed by atoms with Crippen LogP contribution in [0.1, 0.15) is 25.5 Å². The summed E-state index contributed by atoms with van der Waals surface area (Å²) in [6.07, 6.45) is 3.36. The van der Waals surface area contributed by atoms with E-state index >= 15 is 0 Å². The molecule has 6 nitrogen and oxygen atoms in total. The van der Waals surface area contributed by atoms with Crippen molar-refractivity contribution in [3.8, 4) is 0 Å². The smallest absolute Gasteiger partial charge is 0.318 e. The van der Waals surface area contributed by atoms with E-state index in [1.54, 1.807) is 19.3 Å². The SMILES string of the molecule is CC(NC(C)c1ccncc1)C(=O)NC(N)=O. The summed E-state index contributed by atoms with van der Waals surface area (Å²) in [6.45, 7) is 3.58. The van der Waals surface area contributed by atoms with Crippen molar-refractivity contribution in [2.24, 2.45) is 5.73 Å². The molecule has 3 amide bonds. The predicted molar refractivity (Wildman–Crippen MR) is 63.0 cm³/mol. The van der Waals surface area contributed by atoms with Crippen LogP contribution in [0.15, 0.2) is 24.5 Å². The lowest BCUT2D eigenvalue weighted by atomic mass is 10.1. The highest BCUT2D eigenvalue weighted by Crippen LogP contribution is 2.10. The zero-order chi connectivity index (χ0) is 12.8. The van der Waals surface area contributed by atoms with E-state index < -0.39 is 18.0 Å². The van der Waals surface area contributed by atoms with Gasteiger partial charge >= 0.3 is 6.03 Å². The number of amides is 3. The Kier molecular flexibility index (Phi) is 4.59. The van der Waals surface area contributed by atoms with Crippen LogP contribution in [0.4, 0.5) is 4.79 Å². The van der Waals surface area contributed by atoms with E-state index in [1.165, 1.54) is 0 Å². The Bertz CT molecular complexity index is 394. The Hall–Kier alpha value is -1.95. The molecule has 0 radical (unpaired) electrons. The third-order valence-corrected chi connectivity index (χ3v) is 2.35. The molecule has 0 spiro atoms. The maximum Gasteiger partial charge on any atom is 0.318 e. The number of hydrogen-bond donors (Lipinski definition) is 3. The molecule has 0 aliphatic rings. The summed E-state index contributed by atoms with van der Waals surface area (Å²) in [6, 6.07) is 2.34. The summed E-state index contributed by atoms with van der Waals surface area (Å²) in [5.74, 6) is -0.446. The number of nitrogens with two attached hydrogens (primary N) is 1. The number of hydrogen-bond acceptors (Lipinski definition) is 4. The molecule has 0 aromatic carbocycles. The lowest BCUT2D eigenvalue weighted by Gasteiger charge is -2.19. The van der Waals surface area contributed by atoms with Crippen LogP contribution in [-0.4, -0.2) is 23.0 Å². The molecule has 92 valence electrons. The maximum absolute atomic E-state index is 11.4. The van der Waals surface area contributed by atoms with Crippen LogP contribution in [0, 0.1) is 0 Å². The van der Waals surface area contributed by atoms with Crippen LogP contribution in [0.25, 0.3) is 0 Å². The molecule has 17 heavy (non-hydrogen) atoms. The summed E-state index contributed by atoms with van der Waals surface area (Å²) >= 11 is 0. The van der Waals surface area contributed by atoms with E-state index in [0.717, 1.165) is 5.56 Å². The van der Waals surface area contributed by atoms with Crippen molar-refractivity contribution in [1.29, 1.82) is 0 Å². The van der Waals surface area contributed by atoms with Gasteiger partial charge in [-0.1, -0.05) is 0 Å². The minimum absolute atomic E-state index is 0.0216. The predicted octanol–water partition coefficient (Wildman–Crippen LogP) is 0.316. The molecule has 1 aromatic heterocycles. The first kappa shape index (κ1) is 13.1. The minimum Gasteiger partial charge on any atom is -0.351 e. The van der Waals surface area contributed by atoms with Gasteiger partial charge in [-0.15, -0.1) is 0 Å². The standard InChI is InChI=1S/C11H16N4O2/c1-7(9-3-5-13-6-4-9)14-8(2)10(16)15-11(12)17/h3-8,14H,1-2H3,(H3,12,15,16,17). The molecule has 0 aliphatic carbocycles. The summed E-state index contributed by atoms with van der Waals surface area (Å²) in [4.78, 5) is 25.9. The third-order valence-electron chi connectivity index (χ3n) is 2.35. The first-order valence-electron chi connectivity index (χ1n) is 5.27. The van der Waals surface area contributed by atoms with Crippen LogP contribution < -0.4 is 16.4 Å². The highest BCUT2D eigenvalue weighted by molar-refractivity contribution is 5.96. The van der Waals surface area contributed by atoms with Crippen molar-refractivity contribution in [3.05, 3.63) is 30.1 Å². The number of primary amides is 1. The maximum atomic E-state index is 11.4. The number of aromatic nitrogens is 1. The van der Waals surface area contributed by atoms with Crippen LogP contribution in [-0.2, 0) is 4.79 Å². The van der Waals surface area contributed by atoms with Gasteiger partial charge in [0.25, 0.3) is 0 Å². The van der Waals surface area contributed by atoms with Gasteiger partial charge in [0.2, 0.25) is 5.91 Å². The Morgan fingerprint density at radius 3 is 2.41 bits per heavy atom. The van der Waals surface area contributed by atoms with E-state index in [4.69, 9.17) is 5.73 Å². The van der Waals surface area contributed by atoms with Gasteiger partial charge in [0.1, 0.15) is 0 Å². The normalized spacial score (nSPS) is 13.8. The number of nitrogens with zero attached hydrogens (tertiary/aromatic N) is 1. The average Bonchev–Trinajstić information content (AvgIpc) is 2.29. The lowest BCUT2D eigenvalue weighted by molar-refractivity contribution is -0.121. The molecule has 6 heteroatoms. The Morgan fingerprint density at radius 1 is 1.29 bits per heavy atom. The molecule has 4 N–H and O–H groups in total. The van der Waals surface area contributed by atoms with Crippen LogP contribution >= 0.6 is 0 Å². The van der Waals surface area contributed by atoms with Gasteiger partial charge in [0.05, 0.1) is 6.04 Å². The molecule has 0 fully saturated rings. The topological polar surface area (TPSA) is 97.1 Å². The van der Waals surface area contributed by atoms with Gasteiger partial charge in [0.15, 0.2) is 0 Å². The molecule has 1 heterocycles. The molecule has 0 saturated carbocycles. The number of carbonyl (C=O) groups is 2. The van der Waals surface area contributed by atoms with E-state index in [1.807, 2.05) is 24.4 Å². The van der Waals surface area contributed by atoms with E-state index in [2.05, 4.69) is 10.3 Å². The van der Waals surface area contributed by atoms with Gasteiger partial charge < -0.3 is 5.73 Å². The number of urea groups is 1. The number of pyridine rings is 1. The van der Waals surface area contributed by atoms with Crippen molar-refractivity contribution < 1.29 is 9.59 Å². The van der Waals surface area contributed by atoms with Gasteiger partial charge in [-0.25, -0.2) is 4.79 Å². The van der Waals surface area contributed by atoms with E-state index in [-0.39, 0.29) is 6.04 Å². The fourth-order valence-electron chi connectivity index (χ4n) is 1.43. The first-order valence-corrected chi connectivity index (χ1v) is 5.27. The molecule has 0 bridgehead atoms. The van der Waals surface area contributed by atoms with Crippen LogP contribution in [0.3, 0.4) is 0 Å². The molecule has 0 aliphatic heterocycles. The van der Waals surface area contributed by atoms with Crippen LogP contribution in [0.2, 0.25) is 0 Å². The van der Waals surface area contributed by atoms with E-state index in [0.29, 0.717) is 0 Å². The minimum atomic E-state index is -0.847. The number of imide groups is 1. The van der Waals surface area contributed by atoms with Crippen molar-refractivity contribution in [2.75, 3.05) is 0 Å². The molecule has 1 aromatic rings. The third kappa shape index (κ3) is 4.20. The van der Waals surface area contributed by atoms with Crippen molar-refractivity contribution in [3.63, 3.8) is 0 Å². The highest BCUT2D eigenvalue weighted by Gasteiger charge is 2.17. The molecule has 1 rings (SSSR count). The van der Waals surface area contributed by atoms with Gasteiger partial charge in [-0.2, -0.15) is 0 Å².